The quantitative estimate of drug-likeness (QED) is 0.783. The number of ether oxygens (including phenoxy) is 1. The minimum absolute atomic E-state index is 0.0291. The van der Waals surface area contributed by atoms with Crippen molar-refractivity contribution < 1.29 is 32.3 Å². The molecule has 1 saturated heterocycles. The van der Waals surface area contributed by atoms with E-state index in [2.05, 4.69) is 4.74 Å². The van der Waals surface area contributed by atoms with Gasteiger partial charge in [-0.25, -0.2) is 13.2 Å². The third-order valence-electron chi connectivity index (χ3n) is 3.09. The lowest BCUT2D eigenvalue weighted by molar-refractivity contribution is -0.145. The minimum Gasteiger partial charge on any atom is -0.481 e. The molecule has 20 heavy (non-hydrogen) atoms. The van der Waals surface area contributed by atoms with Gasteiger partial charge in [-0.05, 0) is 6.92 Å². The second kappa shape index (κ2) is 4.91. The van der Waals surface area contributed by atoms with Crippen LogP contribution in [0.4, 0.5) is 0 Å². The number of esters is 1. The highest BCUT2D eigenvalue weighted by Gasteiger charge is 2.42. The van der Waals surface area contributed by atoms with Crippen molar-refractivity contribution in [2.75, 3.05) is 20.2 Å². The number of nitrogens with zero attached hydrogens (tertiary/aromatic N) is 1. The SMILES string of the molecule is COC(=O)c1cc(S(=O)(=O)N2CC(C(=O)O)C2)oc1C. The van der Waals surface area contributed by atoms with Crippen LogP contribution >= 0.6 is 0 Å². The average Bonchev–Trinajstić information content (AvgIpc) is 2.68. The Morgan fingerprint density at radius 1 is 1.45 bits per heavy atom. The molecule has 0 aliphatic carbocycles. The molecule has 0 amide bonds. The van der Waals surface area contributed by atoms with E-state index in [1.165, 1.54) is 14.0 Å². The van der Waals surface area contributed by atoms with E-state index in [1.807, 2.05) is 0 Å². The fourth-order valence-electron chi connectivity index (χ4n) is 1.81. The molecule has 0 spiro atoms. The predicted octanol–water partition coefficient (Wildman–Crippen LogP) is 0.0797. The highest BCUT2D eigenvalue weighted by atomic mass is 32.2. The molecule has 8 nitrogen and oxygen atoms in total. The lowest BCUT2D eigenvalue weighted by Crippen LogP contribution is -2.52. The van der Waals surface area contributed by atoms with Crippen LogP contribution in [-0.4, -0.2) is 50.0 Å². The van der Waals surface area contributed by atoms with Gasteiger partial charge in [0.25, 0.3) is 10.0 Å². The Morgan fingerprint density at radius 3 is 2.55 bits per heavy atom. The molecule has 2 rings (SSSR count). The van der Waals surface area contributed by atoms with E-state index in [0.717, 1.165) is 10.4 Å². The maximum Gasteiger partial charge on any atom is 0.341 e. The summed E-state index contributed by atoms with van der Waals surface area (Å²) in [5.74, 6) is -2.31. The van der Waals surface area contributed by atoms with Crippen molar-refractivity contribution in [3.63, 3.8) is 0 Å². The van der Waals surface area contributed by atoms with Crippen molar-refractivity contribution in [1.29, 1.82) is 0 Å². The van der Waals surface area contributed by atoms with Gasteiger partial charge in [0.15, 0.2) is 0 Å². The fourth-order valence-corrected chi connectivity index (χ4v) is 3.32. The highest BCUT2D eigenvalue weighted by molar-refractivity contribution is 7.89. The Bertz CT molecular complexity index is 654. The number of rotatable bonds is 4. The summed E-state index contributed by atoms with van der Waals surface area (Å²) in [4.78, 5) is 22.1. The third-order valence-corrected chi connectivity index (χ3v) is 4.78. The lowest BCUT2D eigenvalue weighted by atomic mass is 10.0. The number of carboxylic acid groups (broad SMARTS) is 1. The molecule has 0 bridgehead atoms. The van der Waals surface area contributed by atoms with Crippen molar-refractivity contribution in [3.05, 3.63) is 17.4 Å². The molecule has 1 aliphatic rings. The fraction of sp³-hybridized carbons (Fsp3) is 0.455. The molecule has 0 aromatic carbocycles. The van der Waals surface area contributed by atoms with Crippen molar-refractivity contribution in [3.8, 4) is 0 Å². The average molecular weight is 303 g/mol. The van der Waals surface area contributed by atoms with Crippen molar-refractivity contribution >= 4 is 22.0 Å². The second-order valence-corrected chi connectivity index (χ2v) is 6.25. The summed E-state index contributed by atoms with van der Waals surface area (Å²) >= 11 is 0. The predicted molar refractivity (Wildman–Crippen MR) is 64.7 cm³/mol. The van der Waals surface area contributed by atoms with Crippen LogP contribution < -0.4 is 0 Å². The van der Waals surface area contributed by atoms with E-state index in [4.69, 9.17) is 9.52 Å². The Labute approximate surface area is 115 Å². The van der Waals surface area contributed by atoms with E-state index in [-0.39, 0.29) is 29.5 Å². The van der Waals surface area contributed by atoms with Crippen LogP contribution in [0.3, 0.4) is 0 Å². The summed E-state index contributed by atoms with van der Waals surface area (Å²) in [6.45, 7) is 1.23. The van der Waals surface area contributed by atoms with Gasteiger partial charge in [-0.15, -0.1) is 0 Å². The zero-order chi connectivity index (χ0) is 15.1. The smallest absolute Gasteiger partial charge is 0.341 e. The summed E-state index contributed by atoms with van der Waals surface area (Å²) in [5, 5.41) is 8.34. The van der Waals surface area contributed by atoms with E-state index in [1.54, 1.807) is 0 Å². The molecule has 0 radical (unpaired) electrons. The molecule has 1 N–H and O–H groups in total. The number of aliphatic carboxylic acids is 1. The van der Waals surface area contributed by atoms with Crippen molar-refractivity contribution in [2.24, 2.45) is 5.92 Å². The molecule has 1 aliphatic heterocycles. The first-order valence-corrected chi connectivity index (χ1v) is 7.13. The standard InChI is InChI=1S/C11H13NO7S/c1-6-8(11(15)18-2)3-9(19-6)20(16,17)12-4-7(5-12)10(13)14/h3,7H,4-5H2,1-2H3,(H,13,14). The Morgan fingerprint density at radius 2 is 2.05 bits per heavy atom. The molecule has 9 heteroatoms. The van der Waals surface area contributed by atoms with Gasteiger partial charge in [-0.3, -0.25) is 4.79 Å². The monoisotopic (exact) mass is 303 g/mol. The Balaban J connectivity index is 2.24. The summed E-state index contributed by atoms with van der Waals surface area (Å²) in [7, 11) is -2.74. The molecule has 0 unspecified atom stereocenters. The molecular weight excluding hydrogens is 290 g/mol. The van der Waals surface area contributed by atoms with Crippen LogP contribution in [0.15, 0.2) is 15.6 Å². The summed E-state index contributed by atoms with van der Waals surface area (Å²) in [6, 6.07) is 1.09. The maximum atomic E-state index is 12.1. The molecule has 110 valence electrons. The van der Waals surface area contributed by atoms with Gasteiger partial charge in [0.2, 0.25) is 5.09 Å². The largest absolute Gasteiger partial charge is 0.481 e. The van der Waals surface area contributed by atoms with E-state index in [9.17, 15) is 18.0 Å². The van der Waals surface area contributed by atoms with Crippen molar-refractivity contribution in [2.45, 2.75) is 12.0 Å². The van der Waals surface area contributed by atoms with Crippen LogP contribution in [0.1, 0.15) is 16.1 Å². The number of carbonyl (C=O) groups is 2. The van der Waals surface area contributed by atoms with Gasteiger partial charge in [-0.2, -0.15) is 4.31 Å². The molecule has 1 aromatic heterocycles. The first-order valence-electron chi connectivity index (χ1n) is 5.69. The number of aryl methyl sites for hydroxylation is 1. The first-order chi connectivity index (χ1) is 9.27. The molecule has 2 heterocycles. The zero-order valence-corrected chi connectivity index (χ0v) is 11.6. The van der Waals surface area contributed by atoms with Gasteiger partial charge >= 0.3 is 11.9 Å². The van der Waals surface area contributed by atoms with Crippen LogP contribution in [-0.2, 0) is 19.6 Å². The lowest BCUT2D eigenvalue weighted by Gasteiger charge is -2.34. The van der Waals surface area contributed by atoms with E-state index < -0.39 is 27.9 Å². The van der Waals surface area contributed by atoms with Gasteiger partial charge in [0.05, 0.1) is 13.0 Å². The maximum absolute atomic E-state index is 12.1. The molecule has 1 fully saturated rings. The third kappa shape index (κ3) is 2.29. The minimum atomic E-state index is -3.92. The summed E-state index contributed by atoms with van der Waals surface area (Å²) in [6.07, 6.45) is 0. The first kappa shape index (κ1) is 14.5. The number of hydrogen-bond acceptors (Lipinski definition) is 6. The topological polar surface area (TPSA) is 114 Å². The Hall–Kier alpha value is -1.87. The normalized spacial score (nSPS) is 16.7. The number of hydrogen-bond donors (Lipinski definition) is 1. The Kier molecular flexibility index (Phi) is 3.57. The number of carbonyl (C=O) groups excluding carboxylic acids is 1. The molecule has 1 aromatic rings. The van der Waals surface area contributed by atoms with Crippen LogP contribution in [0.2, 0.25) is 0 Å². The molecular formula is C11H13NO7S. The zero-order valence-electron chi connectivity index (χ0n) is 10.8. The van der Waals surface area contributed by atoms with Crippen LogP contribution in [0, 0.1) is 12.8 Å². The number of sulfonamides is 1. The van der Waals surface area contributed by atoms with Gasteiger partial charge in [-0.1, -0.05) is 0 Å². The summed E-state index contributed by atoms with van der Waals surface area (Å²) in [5.41, 5.74) is 0.0291. The van der Waals surface area contributed by atoms with E-state index >= 15 is 0 Å². The van der Waals surface area contributed by atoms with Crippen molar-refractivity contribution in [1.82, 2.24) is 4.31 Å². The van der Waals surface area contributed by atoms with E-state index in [0.29, 0.717) is 0 Å². The summed E-state index contributed by atoms with van der Waals surface area (Å²) < 4.78 is 34.9. The highest BCUT2D eigenvalue weighted by Crippen LogP contribution is 2.28. The van der Waals surface area contributed by atoms with Gasteiger partial charge in [0, 0.05) is 19.2 Å². The van der Waals surface area contributed by atoms with Crippen LogP contribution in [0.5, 0.6) is 0 Å². The molecule has 0 saturated carbocycles. The van der Waals surface area contributed by atoms with Gasteiger partial charge in [0.1, 0.15) is 11.3 Å². The van der Waals surface area contributed by atoms with Crippen LogP contribution in [0.25, 0.3) is 0 Å². The number of methoxy groups -OCH3 is 1. The number of furan rings is 1. The molecule has 0 atom stereocenters. The number of carboxylic acids is 1. The van der Waals surface area contributed by atoms with Gasteiger partial charge < -0.3 is 14.3 Å². The second-order valence-electron chi connectivity index (χ2n) is 4.38.